The van der Waals surface area contributed by atoms with E-state index in [1.54, 1.807) is 26.0 Å². The minimum absolute atomic E-state index is 0.0523. The van der Waals surface area contributed by atoms with Crippen molar-refractivity contribution in [3.63, 3.8) is 0 Å². The molecule has 2 rings (SSSR count). The molecule has 134 valence electrons. The summed E-state index contributed by atoms with van der Waals surface area (Å²) in [5.41, 5.74) is 1.60. The number of halogens is 4. The van der Waals surface area contributed by atoms with Gasteiger partial charge in [-0.3, -0.25) is 4.79 Å². The summed E-state index contributed by atoms with van der Waals surface area (Å²) in [6, 6.07) is 8.21. The second-order valence-electron chi connectivity index (χ2n) is 6.49. The Morgan fingerprint density at radius 3 is 2.36 bits per heavy atom. The molecule has 5 heteroatoms. The SMILES string of the molecule is CC(=O)Cc1cc(C)c(C(C)Cc2cccc(C(F)(F)F)c2)c(F)c1. The van der Waals surface area contributed by atoms with Crippen molar-refractivity contribution in [3.8, 4) is 0 Å². The van der Waals surface area contributed by atoms with Gasteiger partial charge in [-0.25, -0.2) is 4.39 Å². The lowest BCUT2D eigenvalue weighted by molar-refractivity contribution is -0.137. The highest BCUT2D eigenvalue weighted by atomic mass is 19.4. The lowest BCUT2D eigenvalue weighted by Gasteiger charge is -2.18. The Balaban J connectivity index is 2.27. The molecular formula is C20H20F4O. The van der Waals surface area contributed by atoms with E-state index >= 15 is 0 Å². The minimum Gasteiger partial charge on any atom is -0.300 e. The van der Waals surface area contributed by atoms with Crippen molar-refractivity contribution in [2.45, 2.75) is 45.7 Å². The molecule has 2 aromatic carbocycles. The molecule has 0 bridgehead atoms. The molecule has 0 aromatic heterocycles. The predicted molar refractivity (Wildman–Crippen MR) is 89.1 cm³/mol. The van der Waals surface area contributed by atoms with E-state index in [1.165, 1.54) is 19.1 Å². The van der Waals surface area contributed by atoms with Crippen LogP contribution in [0, 0.1) is 12.7 Å². The number of carbonyl (C=O) groups is 1. The van der Waals surface area contributed by atoms with Gasteiger partial charge in [0.1, 0.15) is 11.6 Å². The van der Waals surface area contributed by atoms with Gasteiger partial charge in [0.05, 0.1) is 5.56 Å². The normalized spacial score (nSPS) is 12.9. The first kappa shape index (κ1) is 19.2. The van der Waals surface area contributed by atoms with Gasteiger partial charge in [0, 0.05) is 6.42 Å². The van der Waals surface area contributed by atoms with Gasteiger partial charge in [-0.05, 0) is 60.6 Å². The van der Waals surface area contributed by atoms with Gasteiger partial charge in [0.2, 0.25) is 0 Å². The molecule has 1 atom stereocenters. The predicted octanol–water partition coefficient (Wildman–Crippen LogP) is 5.63. The van der Waals surface area contributed by atoms with E-state index in [9.17, 15) is 22.4 Å². The number of hydrogen-bond donors (Lipinski definition) is 0. The first-order valence-electron chi connectivity index (χ1n) is 8.02. The summed E-state index contributed by atoms with van der Waals surface area (Å²) in [4.78, 5) is 11.2. The molecule has 0 aliphatic carbocycles. The van der Waals surface area contributed by atoms with Gasteiger partial charge in [-0.1, -0.05) is 31.2 Å². The molecule has 0 saturated heterocycles. The van der Waals surface area contributed by atoms with E-state index in [4.69, 9.17) is 0 Å². The molecule has 0 spiro atoms. The van der Waals surface area contributed by atoms with Crippen molar-refractivity contribution in [2.75, 3.05) is 0 Å². The van der Waals surface area contributed by atoms with Gasteiger partial charge in [-0.2, -0.15) is 13.2 Å². The smallest absolute Gasteiger partial charge is 0.300 e. The molecule has 2 aromatic rings. The monoisotopic (exact) mass is 352 g/mol. The fourth-order valence-corrected chi connectivity index (χ4v) is 3.17. The summed E-state index contributed by atoms with van der Waals surface area (Å²) in [5.74, 6) is -0.755. The number of ketones is 1. The minimum atomic E-state index is -4.39. The first-order valence-corrected chi connectivity index (χ1v) is 8.02. The van der Waals surface area contributed by atoms with E-state index in [-0.39, 0.29) is 18.1 Å². The van der Waals surface area contributed by atoms with E-state index in [0.29, 0.717) is 28.7 Å². The zero-order chi connectivity index (χ0) is 18.8. The number of rotatable bonds is 5. The third kappa shape index (κ3) is 4.91. The quantitative estimate of drug-likeness (QED) is 0.637. The van der Waals surface area contributed by atoms with Crippen molar-refractivity contribution >= 4 is 5.78 Å². The van der Waals surface area contributed by atoms with Crippen LogP contribution in [0.3, 0.4) is 0 Å². The van der Waals surface area contributed by atoms with Crippen LogP contribution in [0.1, 0.15) is 47.6 Å². The van der Waals surface area contributed by atoms with Crippen LogP contribution in [0.15, 0.2) is 36.4 Å². The van der Waals surface area contributed by atoms with Gasteiger partial charge < -0.3 is 0 Å². The Morgan fingerprint density at radius 1 is 1.12 bits per heavy atom. The molecule has 0 aliphatic heterocycles. The maximum absolute atomic E-state index is 14.5. The van der Waals surface area contributed by atoms with Crippen molar-refractivity contribution < 1.29 is 22.4 Å². The van der Waals surface area contributed by atoms with E-state index in [1.807, 2.05) is 0 Å². The Kier molecular flexibility index (Phi) is 5.65. The summed E-state index contributed by atoms with van der Waals surface area (Å²) in [6.45, 7) is 4.98. The summed E-state index contributed by atoms with van der Waals surface area (Å²) in [6.07, 6.45) is -3.93. The summed E-state index contributed by atoms with van der Waals surface area (Å²) in [7, 11) is 0. The first-order chi connectivity index (χ1) is 11.6. The largest absolute Gasteiger partial charge is 0.416 e. The number of aryl methyl sites for hydroxylation is 1. The zero-order valence-corrected chi connectivity index (χ0v) is 14.4. The number of benzene rings is 2. The van der Waals surface area contributed by atoms with Gasteiger partial charge in [0.15, 0.2) is 0 Å². The highest BCUT2D eigenvalue weighted by Gasteiger charge is 2.30. The van der Waals surface area contributed by atoms with Crippen LogP contribution in [-0.4, -0.2) is 5.78 Å². The summed E-state index contributed by atoms with van der Waals surface area (Å²) >= 11 is 0. The molecule has 0 saturated carbocycles. The lowest BCUT2D eigenvalue weighted by atomic mass is 9.88. The van der Waals surface area contributed by atoms with Crippen LogP contribution < -0.4 is 0 Å². The van der Waals surface area contributed by atoms with E-state index in [0.717, 1.165) is 12.1 Å². The van der Waals surface area contributed by atoms with Crippen molar-refractivity contribution in [1.82, 2.24) is 0 Å². The Hall–Kier alpha value is -2.17. The number of carbonyl (C=O) groups excluding carboxylic acids is 1. The lowest BCUT2D eigenvalue weighted by Crippen LogP contribution is -2.08. The molecule has 25 heavy (non-hydrogen) atoms. The number of Topliss-reactive ketones (excluding diaryl/α,β-unsaturated/α-hetero) is 1. The van der Waals surface area contributed by atoms with E-state index < -0.39 is 17.6 Å². The molecule has 1 unspecified atom stereocenters. The molecular weight excluding hydrogens is 332 g/mol. The molecule has 0 radical (unpaired) electrons. The molecule has 0 amide bonds. The fraction of sp³-hybridized carbons (Fsp3) is 0.350. The maximum Gasteiger partial charge on any atom is 0.416 e. The Morgan fingerprint density at radius 2 is 1.80 bits per heavy atom. The van der Waals surface area contributed by atoms with Crippen molar-refractivity contribution in [2.24, 2.45) is 0 Å². The highest BCUT2D eigenvalue weighted by Crippen LogP contribution is 2.32. The molecule has 0 N–H and O–H groups in total. The second-order valence-corrected chi connectivity index (χ2v) is 6.49. The number of alkyl halides is 3. The fourth-order valence-electron chi connectivity index (χ4n) is 3.17. The van der Waals surface area contributed by atoms with Crippen LogP contribution in [0.4, 0.5) is 17.6 Å². The molecule has 0 heterocycles. The van der Waals surface area contributed by atoms with Crippen LogP contribution in [0.2, 0.25) is 0 Å². The molecule has 0 aliphatic rings. The average Bonchev–Trinajstić information content (AvgIpc) is 2.45. The van der Waals surface area contributed by atoms with Gasteiger partial charge in [-0.15, -0.1) is 0 Å². The van der Waals surface area contributed by atoms with Crippen LogP contribution in [-0.2, 0) is 23.8 Å². The summed E-state index contributed by atoms with van der Waals surface area (Å²) < 4.78 is 52.9. The van der Waals surface area contributed by atoms with Crippen LogP contribution in [0.25, 0.3) is 0 Å². The van der Waals surface area contributed by atoms with Crippen molar-refractivity contribution in [1.29, 1.82) is 0 Å². The average molecular weight is 352 g/mol. The Bertz CT molecular complexity index is 755. The van der Waals surface area contributed by atoms with Gasteiger partial charge in [0.25, 0.3) is 0 Å². The second kappa shape index (κ2) is 7.38. The highest BCUT2D eigenvalue weighted by molar-refractivity contribution is 5.78. The van der Waals surface area contributed by atoms with Crippen LogP contribution >= 0.6 is 0 Å². The Labute approximate surface area is 144 Å². The zero-order valence-electron chi connectivity index (χ0n) is 14.4. The summed E-state index contributed by atoms with van der Waals surface area (Å²) in [5, 5.41) is 0. The third-order valence-electron chi connectivity index (χ3n) is 4.14. The van der Waals surface area contributed by atoms with Crippen molar-refractivity contribution in [3.05, 3.63) is 70.0 Å². The maximum atomic E-state index is 14.5. The van der Waals surface area contributed by atoms with Crippen LogP contribution in [0.5, 0.6) is 0 Å². The topological polar surface area (TPSA) is 17.1 Å². The van der Waals surface area contributed by atoms with E-state index in [2.05, 4.69) is 0 Å². The standard InChI is InChI=1S/C20H20F4O/c1-12(7-15-5-4-6-17(10-15)20(22,23)24)19-13(2)8-16(9-14(3)25)11-18(19)21/h4-6,8,10-12H,7,9H2,1-3H3. The molecule has 0 fully saturated rings. The number of hydrogen-bond acceptors (Lipinski definition) is 1. The van der Waals surface area contributed by atoms with Gasteiger partial charge >= 0.3 is 6.18 Å². The third-order valence-corrected chi connectivity index (χ3v) is 4.14. The molecule has 1 nitrogen and oxygen atoms in total.